The van der Waals surface area contributed by atoms with Gasteiger partial charge in [0.1, 0.15) is 17.4 Å². The van der Waals surface area contributed by atoms with Gasteiger partial charge in [0.2, 0.25) is 0 Å². The smallest absolute Gasteiger partial charge is 0.200 e. The molecule has 0 bridgehead atoms. The van der Waals surface area contributed by atoms with E-state index in [4.69, 9.17) is 4.74 Å². The summed E-state index contributed by atoms with van der Waals surface area (Å²) in [6, 6.07) is 4.89. The van der Waals surface area contributed by atoms with Gasteiger partial charge in [-0.2, -0.15) is 0 Å². The molecule has 0 atom stereocenters. The number of halogens is 2. The minimum Gasteiger partial charge on any atom is -0.497 e. The Kier molecular flexibility index (Phi) is 3.32. The average Bonchev–Trinajstić information content (AvgIpc) is 2.38. The summed E-state index contributed by atoms with van der Waals surface area (Å²) < 4.78 is 32.1. The maximum absolute atomic E-state index is 13.7. The molecule has 0 amide bonds. The number of pyridine rings is 1. The zero-order valence-corrected chi connectivity index (χ0v) is 9.48. The number of hydrogen-bond donors (Lipinski definition) is 0. The molecule has 0 aliphatic rings. The van der Waals surface area contributed by atoms with Crippen LogP contribution < -0.4 is 4.74 Å². The van der Waals surface area contributed by atoms with E-state index in [2.05, 4.69) is 4.98 Å². The summed E-state index contributed by atoms with van der Waals surface area (Å²) in [5, 5.41) is 0. The lowest BCUT2D eigenvalue weighted by Crippen LogP contribution is -2.08. The van der Waals surface area contributed by atoms with Gasteiger partial charge in [-0.05, 0) is 12.1 Å². The number of hydrogen-bond acceptors (Lipinski definition) is 3. The minimum absolute atomic E-state index is 0.0211. The molecule has 0 aliphatic carbocycles. The largest absolute Gasteiger partial charge is 0.497 e. The highest BCUT2D eigenvalue weighted by atomic mass is 19.1. The van der Waals surface area contributed by atoms with Crippen molar-refractivity contribution in [1.29, 1.82) is 0 Å². The molecule has 2 rings (SSSR count). The van der Waals surface area contributed by atoms with Crippen molar-refractivity contribution < 1.29 is 18.3 Å². The van der Waals surface area contributed by atoms with Gasteiger partial charge in [-0.1, -0.05) is 0 Å². The van der Waals surface area contributed by atoms with Crippen LogP contribution in [-0.4, -0.2) is 17.9 Å². The quantitative estimate of drug-likeness (QED) is 0.785. The van der Waals surface area contributed by atoms with Crippen LogP contribution in [0.2, 0.25) is 0 Å². The monoisotopic (exact) mass is 249 g/mol. The van der Waals surface area contributed by atoms with Crippen LogP contribution in [0.25, 0.3) is 0 Å². The van der Waals surface area contributed by atoms with E-state index in [-0.39, 0.29) is 11.3 Å². The maximum Gasteiger partial charge on any atom is 0.200 e. The van der Waals surface area contributed by atoms with Gasteiger partial charge in [-0.25, -0.2) is 8.78 Å². The predicted octanol–water partition coefficient (Wildman–Crippen LogP) is 2.60. The standard InChI is InChI=1S/C13H9F2NO2/c1-18-9-5-10(14)12(11(15)6-9)13(17)8-3-2-4-16-7-8/h2-7H,1H3. The molecule has 1 heterocycles. The van der Waals surface area contributed by atoms with Crippen molar-refractivity contribution in [2.45, 2.75) is 0 Å². The van der Waals surface area contributed by atoms with Gasteiger partial charge in [0.15, 0.2) is 5.78 Å². The van der Waals surface area contributed by atoms with Crippen LogP contribution in [0.3, 0.4) is 0 Å². The number of ketones is 1. The van der Waals surface area contributed by atoms with Crippen LogP contribution in [0.15, 0.2) is 36.7 Å². The van der Waals surface area contributed by atoms with Crippen LogP contribution in [0.1, 0.15) is 15.9 Å². The van der Waals surface area contributed by atoms with Crippen LogP contribution in [0.4, 0.5) is 8.78 Å². The third-order valence-electron chi connectivity index (χ3n) is 2.40. The third kappa shape index (κ3) is 2.20. The van der Waals surface area contributed by atoms with Crippen molar-refractivity contribution in [2.75, 3.05) is 7.11 Å². The molecule has 0 saturated carbocycles. The second-order valence-corrected chi connectivity index (χ2v) is 3.54. The van der Waals surface area contributed by atoms with Crippen molar-refractivity contribution in [3.63, 3.8) is 0 Å². The SMILES string of the molecule is COc1cc(F)c(C(=O)c2cccnc2)c(F)c1. The van der Waals surface area contributed by atoms with Crippen LogP contribution >= 0.6 is 0 Å². The minimum atomic E-state index is -0.958. The Hall–Kier alpha value is -2.30. The number of aromatic nitrogens is 1. The summed E-state index contributed by atoms with van der Waals surface area (Å²) >= 11 is 0. The van der Waals surface area contributed by atoms with E-state index in [1.807, 2.05) is 0 Å². The molecular weight excluding hydrogens is 240 g/mol. The van der Waals surface area contributed by atoms with Crippen molar-refractivity contribution in [3.8, 4) is 5.75 Å². The Balaban J connectivity index is 2.49. The molecule has 0 fully saturated rings. The molecule has 1 aromatic heterocycles. The van der Waals surface area contributed by atoms with E-state index in [1.54, 1.807) is 0 Å². The normalized spacial score (nSPS) is 10.2. The van der Waals surface area contributed by atoms with Gasteiger partial charge < -0.3 is 4.74 Å². The number of methoxy groups -OCH3 is 1. The lowest BCUT2D eigenvalue weighted by Gasteiger charge is -2.06. The van der Waals surface area contributed by atoms with Crippen LogP contribution in [0.5, 0.6) is 5.75 Å². The van der Waals surface area contributed by atoms with Crippen molar-refractivity contribution in [3.05, 3.63) is 59.4 Å². The zero-order valence-electron chi connectivity index (χ0n) is 9.48. The summed E-state index contributed by atoms with van der Waals surface area (Å²) in [6.07, 6.45) is 2.73. The number of rotatable bonds is 3. The third-order valence-corrected chi connectivity index (χ3v) is 2.40. The lowest BCUT2D eigenvalue weighted by atomic mass is 10.0. The van der Waals surface area contributed by atoms with Crippen LogP contribution in [-0.2, 0) is 0 Å². The zero-order chi connectivity index (χ0) is 13.1. The Bertz CT molecular complexity index is 562. The molecule has 92 valence electrons. The highest BCUT2D eigenvalue weighted by Gasteiger charge is 2.20. The highest BCUT2D eigenvalue weighted by Crippen LogP contribution is 2.22. The fourth-order valence-electron chi connectivity index (χ4n) is 1.53. The number of carbonyl (C=O) groups is 1. The first-order valence-electron chi connectivity index (χ1n) is 5.11. The molecule has 0 saturated heterocycles. The Morgan fingerprint density at radius 3 is 2.44 bits per heavy atom. The van der Waals surface area contributed by atoms with Crippen LogP contribution in [0, 0.1) is 11.6 Å². The molecule has 1 aromatic carbocycles. The first kappa shape index (κ1) is 12.2. The number of ether oxygens (including phenoxy) is 1. The van der Waals surface area contributed by atoms with E-state index in [0.29, 0.717) is 0 Å². The number of benzene rings is 1. The van der Waals surface area contributed by atoms with Gasteiger partial charge in [-0.15, -0.1) is 0 Å². The summed E-state index contributed by atoms with van der Waals surface area (Å²) in [7, 11) is 1.29. The average molecular weight is 249 g/mol. The van der Waals surface area contributed by atoms with E-state index >= 15 is 0 Å². The molecule has 3 nitrogen and oxygen atoms in total. The van der Waals surface area contributed by atoms with E-state index in [9.17, 15) is 13.6 Å². The lowest BCUT2D eigenvalue weighted by molar-refractivity contribution is 0.103. The molecule has 0 aliphatic heterocycles. The van der Waals surface area contributed by atoms with Crippen molar-refractivity contribution in [2.24, 2.45) is 0 Å². The first-order valence-corrected chi connectivity index (χ1v) is 5.11. The van der Waals surface area contributed by atoms with E-state index in [1.165, 1.54) is 31.6 Å². The second-order valence-electron chi connectivity index (χ2n) is 3.54. The molecule has 0 N–H and O–H groups in total. The molecule has 2 aromatic rings. The van der Waals surface area contributed by atoms with E-state index in [0.717, 1.165) is 12.1 Å². The summed E-state index contributed by atoms with van der Waals surface area (Å²) in [5.74, 6) is -2.64. The summed E-state index contributed by atoms with van der Waals surface area (Å²) in [5.41, 5.74) is -0.482. The fraction of sp³-hybridized carbons (Fsp3) is 0.0769. The summed E-state index contributed by atoms with van der Waals surface area (Å²) in [6.45, 7) is 0. The molecule has 0 unspecified atom stereocenters. The van der Waals surface area contributed by atoms with Gasteiger partial charge >= 0.3 is 0 Å². The van der Waals surface area contributed by atoms with Gasteiger partial charge in [0.05, 0.1) is 12.7 Å². The molecule has 0 radical (unpaired) electrons. The highest BCUT2D eigenvalue weighted by molar-refractivity contribution is 6.09. The summed E-state index contributed by atoms with van der Waals surface area (Å²) in [4.78, 5) is 15.7. The van der Waals surface area contributed by atoms with Gasteiger partial charge in [-0.3, -0.25) is 9.78 Å². The molecule has 0 spiro atoms. The van der Waals surface area contributed by atoms with Gasteiger partial charge in [0.25, 0.3) is 0 Å². The Morgan fingerprint density at radius 2 is 1.94 bits per heavy atom. The Labute approximate surface area is 102 Å². The predicted molar refractivity (Wildman–Crippen MR) is 60.6 cm³/mol. The van der Waals surface area contributed by atoms with Gasteiger partial charge in [0, 0.05) is 30.1 Å². The maximum atomic E-state index is 13.7. The first-order chi connectivity index (χ1) is 8.63. The number of carbonyl (C=O) groups excluding carboxylic acids is 1. The fourth-order valence-corrected chi connectivity index (χ4v) is 1.53. The number of nitrogens with zero attached hydrogens (tertiary/aromatic N) is 1. The molecule has 5 heteroatoms. The topological polar surface area (TPSA) is 39.2 Å². The molecule has 18 heavy (non-hydrogen) atoms. The second kappa shape index (κ2) is 4.91. The van der Waals surface area contributed by atoms with E-state index < -0.39 is 23.0 Å². The van der Waals surface area contributed by atoms with Crippen molar-refractivity contribution >= 4 is 5.78 Å². The van der Waals surface area contributed by atoms with Crippen molar-refractivity contribution in [1.82, 2.24) is 4.98 Å². The molecular formula is C13H9F2NO2. The Morgan fingerprint density at radius 1 is 1.28 bits per heavy atom.